The van der Waals surface area contributed by atoms with Gasteiger partial charge in [-0.05, 0) is 138 Å². The minimum Gasteiger partial charge on any atom is -0.478 e. The number of carbonyl (C=O) groups is 2. The lowest BCUT2D eigenvalue weighted by molar-refractivity contribution is -0.132. The molecule has 0 heterocycles. The van der Waals surface area contributed by atoms with Crippen molar-refractivity contribution in [2.75, 3.05) is 0 Å². The zero-order valence-electron chi connectivity index (χ0n) is 29.3. The van der Waals surface area contributed by atoms with Crippen LogP contribution >= 0.6 is 0 Å². The highest BCUT2D eigenvalue weighted by Crippen LogP contribution is 2.90. The number of carboxylic acid groups (broad SMARTS) is 1. The summed E-state index contributed by atoms with van der Waals surface area (Å²) in [7, 11) is 0. The lowest BCUT2D eigenvalue weighted by atomic mass is 9.41. The Morgan fingerprint density at radius 2 is 1.71 bits per heavy atom. The Kier molecular flexibility index (Phi) is 8.05. The molecule has 0 unspecified atom stereocenters. The summed E-state index contributed by atoms with van der Waals surface area (Å²) in [5.41, 5.74) is 4.68. The summed E-state index contributed by atoms with van der Waals surface area (Å²) in [6.45, 7) is 19.1. The highest BCUT2D eigenvalue weighted by molar-refractivity contribution is 5.89. The number of esters is 1. The number of hydrogen-bond donors (Lipinski definition) is 1. The number of ether oxygens (including phenoxy) is 1. The quantitative estimate of drug-likeness (QED) is 0.171. The lowest BCUT2D eigenvalue weighted by Gasteiger charge is -2.63. The van der Waals surface area contributed by atoms with E-state index in [0.29, 0.717) is 28.4 Å². The van der Waals surface area contributed by atoms with Gasteiger partial charge in [-0.25, -0.2) is 4.79 Å². The van der Waals surface area contributed by atoms with Gasteiger partial charge in [0.2, 0.25) is 0 Å². The number of hydrogen-bond acceptors (Lipinski definition) is 3. The van der Waals surface area contributed by atoms with Gasteiger partial charge >= 0.3 is 11.9 Å². The summed E-state index contributed by atoms with van der Waals surface area (Å²) in [4.78, 5) is 23.6. The molecule has 5 aliphatic carbocycles. The van der Waals surface area contributed by atoms with Crippen molar-refractivity contribution in [1.29, 1.82) is 0 Å². The van der Waals surface area contributed by atoms with Gasteiger partial charge in [-0.1, -0.05) is 79.9 Å². The van der Waals surface area contributed by atoms with Crippen LogP contribution in [0.4, 0.5) is 0 Å². The molecular formula is C41H58O4. The van der Waals surface area contributed by atoms with E-state index in [1.165, 1.54) is 82.8 Å². The average Bonchev–Trinajstić information content (AvgIpc) is 3.54. The van der Waals surface area contributed by atoms with Crippen molar-refractivity contribution in [3.63, 3.8) is 0 Å². The number of rotatable bonds is 9. The first-order valence-corrected chi connectivity index (χ1v) is 18.1. The molecule has 8 atom stereocenters. The summed E-state index contributed by atoms with van der Waals surface area (Å²) < 4.78 is 5.61. The van der Waals surface area contributed by atoms with Gasteiger partial charge in [-0.3, -0.25) is 4.79 Å². The Bertz CT molecular complexity index is 1420. The SMILES string of the molecule is CC(=O)Oc1ccc(/C=C/C(=O)O)c(C2=CCC(C)(C)[C@@H]3CC[C@@H]4[C@]5(CC[C@]6(C)[C@@H]([C@H](C)CCCC(C)C)CC[C@@]46C)C[C@]235)c1. The van der Waals surface area contributed by atoms with Crippen molar-refractivity contribution in [1.82, 2.24) is 0 Å². The predicted molar refractivity (Wildman–Crippen MR) is 183 cm³/mol. The van der Waals surface area contributed by atoms with Gasteiger partial charge in [0.1, 0.15) is 5.75 Å². The van der Waals surface area contributed by atoms with Gasteiger partial charge in [-0.2, -0.15) is 0 Å². The van der Waals surface area contributed by atoms with Crippen LogP contribution in [0.25, 0.3) is 11.6 Å². The van der Waals surface area contributed by atoms with Crippen molar-refractivity contribution in [2.24, 2.45) is 56.7 Å². The third kappa shape index (κ3) is 4.89. The van der Waals surface area contributed by atoms with Crippen LogP contribution in [0.2, 0.25) is 0 Å². The molecule has 1 aromatic rings. The van der Waals surface area contributed by atoms with E-state index >= 15 is 0 Å². The molecule has 4 saturated carbocycles. The Hall–Kier alpha value is -2.36. The number of benzene rings is 1. The van der Waals surface area contributed by atoms with Gasteiger partial charge in [0.25, 0.3) is 0 Å². The second-order valence-corrected chi connectivity index (χ2v) is 17.6. The van der Waals surface area contributed by atoms with Gasteiger partial charge in [0.15, 0.2) is 0 Å². The zero-order valence-corrected chi connectivity index (χ0v) is 29.3. The molecule has 4 heteroatoms. The van der Waals surface area contributed by atoms with E-state index in [-0.39, 0.29) is 22.2 Å². The molecule has 0 amide bonds. The topological polar surface area (TPSA) is 63.6 Å². The highest BCUT2D eigenvalue weighted by Gasteiger charge is 2.82. The van der Waals surface area contributed by atoms with Gasteiger partial charge in [0, 0.05) is 18.4 Å². The van der Waals surface area contributed by atoms with Gasteiger partial charge < -0.3 is 9.84 Å². The molecule has 4 nitrogen and oxygen atoms in total. The summed E-state index contributed by atoms with van der Waals surface area (Å²) in [5, 5.41) is 9.52. The monoisotopic (exact) mass is 614 g/mol. The lowest BCUT2D eigenvalue weighted by Crippen LogP contribution is -2.56. The molecule has 0 bridgehead atoms. The molecule has 2 spiro atoms. The van der Waals surface area contributed by atoms with E-state index in [4.69, 9.17) is 4.74 Å². The molecule has 5 aliphatic rings. The van der Waals surface area contributed by atoms with E-state index < -0.39 is 5.97 Å². The van der Waals surface area contributed by atoms with E-state index in [1.807, 2.05) is 12.1 Å². The van der Waals surface area contributed by atoms with Crippen molar-refractivity contribution in [3.05, 3.63) is 41.5 Å². The van der Waals surface area contributed by atoms with Crippen LogP contribution in [0, 0.1) is 56.7 Å². The first-order valence-electron chi connectivity index (χ1n) is 18.1. The fourth-order valence-electron chi connectivity index (χ4n) is 12.6. The molecule has 246 valence electrons. The third-order valence-corrected chi connectivity index (χ3v) is 14.7. The molecule has 1 N–H and O–H groups in total. The smallest absolute Gasteiger partial charge is 0.328 e. The van der Waals surface area contributed by atoms with E-state index in [2.05, 4.69) is 54.5 Å². The normalized spacial score (nSPS) is 38.5. The number of carboxylic acids is 1. The maximum atomic E-state index is 12.0. The highest BCUT2D eigenvalue weighted by atomic mass is 16.5. The van der Waals surface area contributed by atoms with Crippen molar-refractivity contribution < 1.29 is 19.4 Å². The maximum absolute atomic E-state index is 12.0. The molecule has 1 aromatic carbocycles. The van der Waals surface area contributed by atoms with Crippen LogP contribution in [-0.4, -0.2) is 17.0 Å². The molecular weight excluding hydrogens is 556 g/mol. The van der Waals surface area contributed by atoms with E-state index in [9.17, 15) is 14.7 Å². The van der Waals surface area contributed by atoms with Crippen LogP contribution in [0.15, 0.2) is 30.4 Å². The second-order valence-electron chi connectivity index (χ2n) is 17.6. The minimum atomic E-state index is -0.950. The fraction of sp³-hybridized carbons (Fsp3) is 0.707. The van der Waals surface area contributed by atoms with Crippen molar-refractivity contribution >= 4 is 23.6 Å². The van der Waals surface area contributed by atoms with Crippen LogP contribution < -0.4 is 4.74 Å². The maximum Gasteiger partial charge on any atom is 0.328 e. The Morgan fingerprint density at radius 1 is 0.978 bits per heavy atom. The van der Waals surface area contributed by atoms with E-state index in [1.54, 1.807) is 12.1 Å². The van der Waals surface area contributed by atoms with Crippen molar-refractivity contribution in [3.8, 4) is 5.75 Å². The fourth-order valence-corrected chi connectivity index (χ4v) is 12.6. The Balaban J connectivity index is 1.40. The molecule has 6 rings (SSSR count). The third-order valence-electron chi connectivity index (χ3n) is 14.7. The largest absolute Gasteiger partial charge is 0.478 e. The number of aliphatic carboxylic acids is 1. The molecule has 0 aromatic heterocycles. The summed E-state index contributed by atoms with van der Waals surface area (Å²) in [6, 6.07) is 5.76. The Morgan fingerprint density at radius 3 is 2.40 bits per heavy atom. The van der Waals surface area contributed by atoms with E-state index in [0.717, 1.165) is 35.3 Å². The predicted octanol–water partition coefficient (Wildman–Crippen LogP) is 10.6. The van der Waals surface area contributed by atoms with Gasteiger partial charge in [0.05, 0.1) is 0 Å². The van der Waals surface area contributed by atoms with Gasteiger partial charge in [-0.15, -0.1) is 0 Å². The Labute approximate surface area is 272 Å². The summed E-state index contributed by atoms with van der Waals surface area (Å²) in [5.74, 6) is 2.94. The molecule has 4 fully saturated rings. The zero-order chi connectivity index (χ0) is 32.6. The molecule has 45 heavy (non-hydrogen) atoms. The minimum absolute atomic E-state index is 0.0869. The van der Waals surface area contributed by atoms with Crippen LogP contribution in [0.5, 0.6) is 5.75 Å². The summed E-state index contributed by atoms with van der Waals surface area (Å²) >= 11 is 0. The number of fused-ring (bicyclic) bond motifs is 2. The first kappa shape index (κ1) is 32.6. The van der Waals surface area contributed by atoms with Crippen molar-refractivity contribution in [2.45, 2.75) is 126 Å². The standard InChI is InChI=1S/C41H58O4/c1-26(2)10-9-11-27(3)32-19-21-39(8)35-16-15-34-37(5,6)20-18-33(41(34)25-40(35,41)23-22-38(32,39)7)31-24-30(45-28(4)42)14-12-29(31)13-17-36(43)44/h12-14,17-18,24,26-27,32,34-35H,9-11,15-16,19-23,25H2,1-8H3,(H,43,44)/b17-13+/t27-,32-,34+,35+,38-,39+,40+,41+/m1/s1. The molecule has 0 radical (unpaired) electrons. The second kappa shape index (κ2) is 11.1. The first-order chi connectivity index (χ1) is 21.1. The van der Waals surface area contributed by atoms with Crippen LogP contribution in [0.3, 0.4) is 0 Å². The summed E-state index contributed by atoms with van der Waals surface area (Å²) in [6.07, 6.45) is 19.7. The molecule has 0 aliphatic heterocycles. The van der Waals surface area contributed by atoms with Crippen LogP contribution in [0.1, 0.15) is 137 Å². The number of allylic oxidation sites excluding steroid dienone is 2. The average molecular weight is 615 g/mol. The van der Waals surface area contributed by atoms with Crippen LogP contribution in [-0.2, 0) is 9.59 Å². The number of carbonyl (C=O) groups excluding carboxylic acids is 1. The molecule has 0 saturated heterocycles.